The van der Waals surface area contributed by atoms with Gasteiger partial charge in [-0.3, -0.25) is 24.6 Å². The number of aromatic amines is 1. The molecule has 44 heavy (non-hydrogen) atoms. The molecule has 0 bridgehead atoms. The third kappa shape index (κ3) is 11.3. The maximum Gasteiger partial charge on any atom is 0.271 e. The summed E-state index contributed by atoms with van der Waals surface area (Å²) in [5, 5.41) is 31.6. The number of hydrogen-bond donors (Lipinski definition) is 3. The summed E-state index contributed by atoms with van der Waals surface area (Å²) in [5.41, 5.74) is 9.57. The van der Waals surface area contributed by atoms with Gasteiger partial charge in [-0.25, -0.2) is 0 Å². The van der Waals surface area contributed by atoms with E-state index in [1.54, 1.807) is 31.3 Å². The van der Waals surface area contributed by atoms with Gasteiger partial charge in [-0.15, -0.1) is 0 Å². The predicted octanol–water partition coefficient (Wildman–Crippen LogP) is 6.11. The van der Waals surface area contributed by atoms with Crippen LogP contribution >= 0.6 is 22.6 Å². The number of alkyl halides is 2. The van der Waals surface area contributed by atoms with Crippen LogP contribution < -0.4 is 5.73 Å². The molecule has 6 rings (SSSR count). The van der Waals surface area contributed by atoms with Crippen LogP contribution in [0.3, 0.4) is 0 Å². The molecule has 0 aliphatic heterocycles. The van der Waals surface area contributed by atoms with Crippen LogP contribution in [0.1, 0.15) is 8.29 Å². The van der Waals surface area contributed by atoms with Gasteiger partial charge < -0.3 is 25.0 Å². The van der Waals surface area contributed by atoms with E-state index in [9.17, 15) is 24.6 Å². The van der Waals surface area contributed by atoms with Crippen LogP contribution in [0.2, 0.25) is 0 Å². The number of halogens is 2. The lowest BCUT2D eigenvalue weighted by Gasteiger charge is -1.96. The molecule has 0 saturated carbocycles. The normalized spacial score (nSPS) is 9.57. The Morgan fingerprint density at radius 1 is 0.864 bits per heavy atom. The van der Waals surface area contributed by atoms with Crippen molar-refractivity contribution in [2.45, 2.75) is 6.92 Å². The van der Waals surface area contributed by atoms with Crippen molar-refractivity contribution in [3.63, 3.8) is 0 Å². The number of nitrogen functional groups attached to an aromatic ring is 1. The number of nitrogens with two attached hydrogens (primary N) is 1. The molecule has 0 saturated heterocycles. The quantitative estimate of drug-likeness (QED) is 0.0489. The molecule has 0 fully saturated rings. The van der Waals surface area contributed by atoms with E-state index in [1.165, 1.54) is 29.1 Å². The Bertz CT molecular complexity index is 1760. The molecule has 3 heterocycles. The highest BCUT2D eigenvalue weighted by atomic mass is 127. The van der Waals surface area contributed by atoms with Gasteiger partial charge in [0.05, 0.1) is 29.4 Å². The van der Waals surface area contributed by atoms with Crippen molar-refractivity contribution in [1.29, 1.82) is 0 Å². The van der Waals surface area contributed by atoms with Gasteiger partial charge in [0.2, 0.25) is 0 Å². The van der Waals surface area contributed by atoms with Gasteiger partial charge >= 0.3 is 0 Å². The summed E-state index contributed by atoms with van der Waals surface area (Å²) in [6.45, 7) is 1.93. The molecule has 6 aromatic rings. The molecular formula is C30H40BFIN6O5-. The number of non-ortho nitro benzene ring substituents is 2. The number of nitro groups is 2. The number of nitrogens with zero attached hydrogens (tertiary/aromatic N) is 4. The van der Waals surface area contributed by atoms with E-state index in [1.807, 2.05) is 66.3 Å². The Morgan fingerprint density at radius 3 is 1.80 bits per heavy atom. The first-order valence-corrected chi connectivity index (χ1v) is 14.8. The van der Waals surface area contributed by atoms with Gasteiger partial charge in [0.1, 0.15) is 0 Å². The molecule has 0 aliphatic carbocycles. The smallest absolute Gasteiger partial charge is 0.271 e. The summed E-state index contributed by atoms with van der Waals surface area (Å²) in [6.07, 6.45) is 5.67. The Morgan fingerprint density at radius 2 is 1.30 bits per heavy atom. The second kappa shape index (κ2) is 20.5. The molecule has 0 unspecified atom stereocenters. The van der Waals surface area contributed by atoms with Gasteiger partial charge in [0, 0.05) is 80.1 Å². The zero-order chi connectivity index (χ0) is 33.2. The van der Waals surface area contributed by atoms with E-state index < -0.39 is 12.1 Å². The maximum absolute atomic E-state index is 10.5. The van der Waals surface area contributed by atoms with Crippen molar-refractivity contribution in [3.05, 3.63) is 112 Å². The summed E-state index contributed by atoms with van der Waals surface area (Å²) in [6, 6.07) is 21.4. The summed E-state index contributed by atoms with van der Waals surface area (Å²) >= 11 is 2.15. The number of hydrogen-bond acceptors (Lipinski definition) is 6. The van der Waals surface area contributed by atoms with Crippen LogP contribution in [0, 0.1) is 20.2 Å². The number of nitro benzene ring substituents is 2. The van der Waals surface area contributed by atoms with Gasteiger partial charge in [-0.05, 0) is 65.1 Å². The second-order valence-electron chi connectivity index (χ2n) is 8.49. The van der Waals surface area contributed by atoms with E-state index >= 15 is 0 Å². The highest BCUT2D eigenvalue weighted by Crippen LogP contribution is 2.21. The monoisotopic (exact) mass is 722 g/mol. The second-order valence-corrected chi connectivity index (χ2v) is 8.49. The fraction of sp³-hybridized carbons (Fsp3) is 0.200. The lowest BCUT2D eigenvalue weighted by atomic mass is 10.2. The summed E-state index contributed by atoms with van der Waals surface area (Å²) in [4.78, 5) is 24.9. The Hall–Kier alpha value is -4.44. The first-order chi connectivity index (χ1) is 21.1. The van der Waals surface area contributed by atoms with E-state index in [4.69, 9.17) is 12.2 Å². The van der Waals surface area contributed by atoms with Crippen molar-refractivity contribution >= 4 is 80.8 Å². The first kappa shape index (κ1) is 37.6. The molecule has 3 aromatic heterocycles. The molecule has 11 nitrogen and oxygen atoms in total. The number of nitrogens with one attached hydrogen (secondary N) is 1. The highest BCUT2D eigenvalue weighted by molar-refractivity contribution is 14.1. The number of benzene rings is 3. The van der Waals surface area contributed by atoms with Crippen molar-refractivity contribution in [2.75, 3.05) is 24.4 Å². The Balaban J connectivity index is 0.000000573. The number of anilines is 1. The molecule has 0 radical (unpaired) electrons. The van der Waals surface area contributed by atoms with Crippen LogP contribution in [-0.4, -0.2) is 56.2 Å². The molecule has 0 spiro atoms. The number of aliphatic hydroxyl groups excluding tert-OH is 1. The molecule has 14 heteroatoms. The van der Waals surface area contributed by atoms with Crippen LogP contribution in [0.4, 0.5) is 21.5 Å². The third-order valence-electron chi connectivity index (χ3n) is 5.74. The Labute approximate surface area is 271 Å². The molecule has 0 amide bonds. The Kier molecular flexibility index (Phi) is 17.5. The van der Waals surface area contributed by atoms with E-state index in [0.29, 0.717) is 0 Å². The van der Waals surface area contributed by atoms with Crippen LogP contribution in [0.15, 0.2) is 91.4 Å². The average molecular weight is 722 g/mol. The highest BCUT2D eigenvalue weighted by Gasteiger charge is 2.07. The standard InChI is InChI=1S/C9H8N2O2.C9H10N2.C8H6N2O2.C2H6O.CH3F.CH3I.BH4/c1-10-5-4-7-2-3-8(11(12)13)6-9(7)10;1-11-5-4-7-2-3-8(10)6-9(7)11;11-10(12)7-2-1-6-3-4-9-8(6)5-7;1-2-3;2*1-2;/h2-6H,1H3;2-6H,10H2,1H3;1-5,9H;3H,2H2,1H3;2*1H3;1H4/q;;;;;;-1/i;;;;1D;;. The topological polar surface area (TPSA) is 158 Å². The van der Waals surface area contributed by atoms with Gasteiger partial charge in [-0.1, -0.05) is 37.1 Å². The minimum atomic E-state index is -1.00. The van der Waals surface area contributed by atoms with E-state index in [2.05, 4.69) is 38.2 Å². The van der Waals surface area contributed by atoms with Crippen molar-refractivity contribution < 1.29 is 20.7 Å². The largest absolute Gasteiger partial charge is 0.399 e. The molecule has 0 atom stereocenters. The minimum Gasteiger partial charge on any atom is -0.399 e. The number of H-pyrrole nitrogens is 1. The molecular weight excluding hydrogens is 681 g/mol. The third-order valence-corrected chi connectivity index (χ3v) is 5.74. The zero-order valence-corrected chi connectivity index (χ0v) is 26.4. The number of aliphatic hydroxyl groups is 1. The fourth-order valence-electron chi connectivity index (χ4n) is 3.79. The van der Waals surface area contributed by atoms with Crippen LogP contribution in [-0.2, 0) is 14.1 Å². The molecule has 238 valence electrons. The van der Waals surface area contributed by atoms with Crippen molar-refractivity contribution in [2.24, 2.45) is 14.1 Å². The van der Waals surface area contributed by atoms with Crippen molar-refractivity contribution in [3.8, 4) is 0 Å². The summed E-state index contributed by atoms with van der Waals surface area (Å²) in [5.74, 6) is 0. The summed E-state index contributed by atoms with van der Waals surface area (Å²) in [7, 11) is 2.88. The SMILES string of the molecule is CCO.CI.Cn1ccc2ccc(N)cc21.Cn1ccc2ccc([N+](=O)[O-])cc21.O=[N+]([O-])c1ccc2cc[nH]c2c1.[2H]CF.[BH4-]. The number of rotatable bonds is 2. The van der Waals surface area contributed by atoms with Crippen molar-refractivity contribution in [1.82, 2.24) is 14.1 Å². The molecule has 4 N–H and O–H groups in total. The lowest BCUT2D eigenvalue weighted by Crippen LogP contribution is -1.89. The molecule has 3 aromatic carbocycles. The average Bonchev–Trinajstić information content (AvgIpc) is 3.74. The van der Waals surface area contributed by atoms with Gasteiger partial charge in [0.15, 0.2) is 0 Å². The number of aromatic nitrogens is 3. The minimum absolute atomic E-state index is 0. The lowest BCUT2D eigenvalue weighted by molar-refractivity contribution is -0.384. The number of fused-ring (bicyclic) bond motifs is 3. The van der Waals surface area contributed by atoms with Crippen LogP contribution in [0.25, 0.3) is 32.7 Å². The first-order valence-electron chi connectivity index (χ1n) is 13.3. The van der Waals surface area contributed by atoms with E-state index in [0.717, 1.165) is 27.5 Å². The maximum atomic E-state index is 10.5. The zero-order valence-electron chi connectivity index (χ0n) is 25.3. The van der Waals surface area contributed by atoms with E-state index in [-0.39, 0.29) is 31.3 Å². The fourth-order valence-corrected chi connectivity index (χ4v) is 3.79. The predicted molar refractivity (Wildman–Crippen MR) is 193 cm³/mol. The summed E-state index contributed by atoms with van der Waals surface area (Å²) < 4.78 is 19.4. The van der Waals surface area contributed by atoms with Crippen LogP contribution in [0.5, 0.6) is 0 Å². The van der Waals surface area contributed by atoms with Gasteiger partial charge in [-0.2, -0.15) is 0 Å². The molecule has 0 aliphatic rings. The van der Waals surface area contributed by atoms with Gasteiger partial charge in [0.25, 0.3) is 11.4 Å². The number of aryl methyl sites for hydroxylation is 2.